The number of halogens is 2. The van der Waals surface area contributed by atoms with E-state index in [2.05, 4.69) is 17.2 Å². The quantitative estimate of drug-likeness (QED) is 0.185. The molecule has 4 aliphatic carbocycles. The molecule has 0 spiro atoms. The second kappa shape index (κ2) is 17.8. The van der Waals surface area contributed by atoms with Crippen molar-refractivity contribution in [2.45, 2.75) is 114 Å². The number of benzene rings is 2. The zero-order valence-electron chi connectivity index (χ0n) is 38.2. The predicted molar refractivity (Wildman–Crippen MR) is 238 cm³/mol. The first-order chi connectivity index (χ1) is 31.7. The van der Waals surface area contributed by atoms with Crippen molar-refractivity contribution in [1.82, 2.24) is 15.5 Å². The molecule has 6 aliphatic rings. The third-order valence-electron chi connectivity index (χ3n) is 15.5. The lowest BCUT2D eigenvalue weighted by Gasteiger charge is -2.63. The van der Waals surface area contributed by atoms with Crippen molar-refractivity contribution in [2.24, 2.45) is 22.7 Å². The lowest BCUT2D eigenvalue weighted by molar-refractivity contribution is -0.235. The lowest BCUT2D eigenvalue weighted by Crippen LogP contribution is -2.70. The van der Waals surface area contributed by atoms with Gasteiger partial charge in [0, 0.05) is 59.4 Å². The van der Waals surface area contributed by atoms with Crippen LogP contribution in [0.2, 0.25) is 0 Å². The lowest BCUT2D eigenvalue weighted by atomic mass is 9.44. The number of ether oxygens (including phenoxy) is 3. The van der Waals surface area contributed by atoms with Crippen LogP contribution in [0, 0.1) is 22.7 Å². The second-order valence-corrected chi connectivity index (χ2v) is 19.3. The Morgan fingerprint density at radius 3 is 2.33 bits per heavy atom. The van der Waals surface area contributed by atoms with Crippen LogP contribution in [-0.2, 0) is 51.1 Å². The topological polar surface area (TPSA) is 198 Å². The van der Waals surface area contributed by atoms with Crippen LogP contribution in [0.5, 0.6) is 5.75 Å². The molecule has 2 heterocycles. The van der Waals surface area contributed by atoms with E-state index in [4.69, 9.17) is 14.2 Å². The molecule has 0 unspecified atom stereocenters. The molecule has 67 heavy (non-hydrogen) atoms. The summed E-state index contributed by atoms with van der Waals surface area (Å²) in [6, 6.07) is 11.0. The van der Waals surface area contributed by atoms with Crippen molar-refractivity contribution in [3.05, 3.63) is 113 Å². The number of rotatable bonds is 15. The van der Waals surface area contributed by atoms with E-state index in [9.17, 15) is 39.0 Å². The van der Waals surface area contributed by atoms with Gasteiger partial charge >= 0.3 is 0 Å². The van der Waals surface area contributed by atoms with Gasteiger partial charge in [0.25, 0.3) is 11.8 Å². The van der Waals surface area contributed by atoms with Crippen molar-refractivity contribution in [2.75, 3.05) is 20.3 Å². The van der Waals surface area contributed by atoms with Gasteiger partial charge in [0.05, 0.1) is 25.4 Å². The van der Waals surface area contributed by atoms with Crippen molar-refractivity contribution >= 4 is 35.2 Å². The minimum absolute atomic E-state index is 0.0507. The number of aliphatic hydroxyl groups excluding tert-OH is 2. The molecular weight excluding hydrogens is 869 g/mol. The number of amides is 4. The van der Waals surface area contributed by atoms with E-state index in [-0.39, 0.29) is 50.0 Å². The van der Waals surface area contributed by atoms with Crippen LogP contribution in [0.3, 0.4) is 0 Å². The zero-order chi connectivity index (χ0) is 48.4. The van der Waals surface area contributed by atoms with Crippen molar-refractivity contribution < 1.29 is 62.0 Å². The molecule has 4 amide bonds. The Balaban J connectivity index is 0.892. The highest BCUT2D eigenvalue weighted by atomic mass is 19.1. The number of carbonyl (C=O) groups excluding carboxylic acids is 6. The third kappa shape index (κ3) is 7.88. The molecule has 0 aromatic heterocycles. The van der Waals surface area contributed by atoms with Crippen LogP contribution in [-0.4, -0.2) is 112 Å². The molecule has 2 aromatic carbocycles. The molecule has 8 rings (SSSR count). The molecule has 2 aliphatic heterocycles. The number of nitrogens with one attached hydrogen (secondary N) is 2. The van der Waals surface area contributed by atoms with E-state index in [1.165, 1.54) is 14.0 Å². The van der Waals surface area contributed by atoms with Crippen LogP contribution in [0.4, 0.5) is 8.78 Å². The standard InChI is InChI=1S/C51H57F2N3O11/c1-27-15-17-48(4)36(19-27)37(52)23-35-34-24-42-51(41(60)26-57,49(34,5)25-40(59)50(35,48)53)67-47(66-42)32-10-7-30(8-11-32)20-31-9-12-33(39(21-31)65-6)22-38(58)28(2)55-46(64)29(3)54-43(61)16-18-56-44(62)13-14-45(56)63/h7-15,17,19,21,28-29,34-35,37,40,42,47,57,59H,1,16,18,20,22-26H2,2-6H3,(H,54,61)(H,55,64)/t28-,29-,34-,35-,37-,40-,42+,47+,48-,49-,50-,51+/m0/s1. The van der Waals surface area contributed by atoms with Crippen molar-refractivity contribution in [3.8, 4) is 5.75 Å². The van der Waals surface area contributed by atoms with Gasteiger partial charge in [-0.2, -0.15) is 0 Å². The number of hydrogen-bond donors (Lipinski definition) is 4. The Morgan fingerprint density at radius 1 is 0.970 bits per heavy atom. The molecule has 3 saturated carbocycles. The van der Waals surface area contributed by atoms with Gasteiger partial charge in [-0.15, -0.1) is 0 Å². The average Bonchev–Trinajstić information content (AvgIpc) is 3.92. The fourth-order valence-electron chi connectivity index (χ4n) is 11.9. The first-order valence-corrected chi connectivity index (χ1v) is 22.7. The number of Topliss-reactive ketones (excluding diaryl/α,β-unsaturated/α-hetero) is 2. The molecule has 356 valence electrons. The number of fused-ring (bicyclic) bond motifs is 7. The van der Waals surface area contributed by atoms with Gasteiger partial charge in [-0.25, -0.2) is 8.78 Å². The SMILES string of the molecule is C=C1C=C[C@@]2(C)C(=C1)[C@@H](F)C[C@H]1[C@@H]3C[C@H]4O[C@@H](c5ccc(Cc6ccc(CC(=O)[C@H](C)NC(=O)[C@H](C)NC(=O)CCN7C(=O)C=CC7=O)c(OC)c6)cc5)O[C@@]4(C(=O)CO)[C@@]3(C)C[C@H](O)[C@@]12F. The van der Waals surface area contributed by atoms with Crippen LogP contribution in [0.1, 0.15) is 81.9 Å². The maximum Gasteiger partial charge on any atom is 0.253 e. The number of hydrogen-bond acceptors (Lipinski definition) is 11. The first kappa shape index (κ1) is 47.8. The molecule has 12 atom stereocenters. The Morgan fingerprint density at radius 2 is 1.66 bits per heavy atom. The van der Waals surface area contributed by atoms with Gasteiger partial charge < -0.3 is 35.1 Å². The van der Waals surface area contributed by atoms with Crippen LogP contribution >= 0.6 is 0 Å². The van der Waals surface area contributed by atoms with E-state index >= 15 is 8.78 Å². The number of alkyl halides is 2. The maximum atomic E-state index is 17.8. The summed E-state index contributed by atoms with van der Waals surface area (Å²) in [7, 11) is 1.49. The van der Waals surface area contributed by atoms with Crippen LogP contribution in [0.15, 0.2) is 90.6 Å². The summed E-state index contributed by atoms with van der Waals surface area (Å²) in [6.07, 6.45) is 2.14. The second-order valence-electron chi connectivity index (χ2n) is 19.3. The van der Waals surface area contributed by atoms with Crippen LogP contribution in [0.25, 0.3) is 0 Å². The van der Waals surface area contributed by atoms with Gasteiger partial charge in [0.2, 0.25) is 11.8 Å². The summed E-state index contributed by atoms with van der Waals surface area (Å²) >= 11 is 0. The van der Waals surface area contributed by atoms with Gasteiger partial charge in [-0.3, -0.25) is 33.7 Å². The van der Waals surface area contributed by atoms with Crippen LogP contribution < -0.4 is 15.4 Å². The number of nitrogens with zero attached hydrogens (tertiary/aromatic N) is 1. The zero-order valence-corrected chi connectivity index (χ0v) is 38.2. The minimum Gasteiger partial charge on any atom is -0.496 e. The summed E-state index contributed by atoms with van der Waals surface area (Å²) in [6.45, 7) is 9.31. The molecule has 1 saturated heterocycles. The number of carbonyl (C=O) groups is 6. The first-order valence-electron chi connectivity index (χ1n) is 22.7. The van der Waals surface area contributed by atoms with Gasteiger partial charge in [-0.1, -0.05) is 68.1 Å². The van der Waals surface area contributed by atoms with Gasteiger partial charge in [0.1, 0.15) is 24.6 Å². The molecule has 16 heteroatoms. The Hall–Kier alpha value is -5.68. The van der Waals surface area contributed by atoms with E-state index in [1.807, 2.05) is 36.4 Å². The molecule has 4 N–H and O–H groups in total. The largest absolute Gasteiger partial charge is 0.496 e. The Labute approximate surface area is 387 Å². The third-order valence-corrected chi connectivity index (χ3v) is 15.5. The van der Waals surface area contributed by atoms with E-state index in [1.54, 1.807) is 45.1 Å². The van der Waals surface area contributed by atoms with Crippen molar-refractivity contribution in [1.29, 1.82) is 0 Å². The average molecular weight is 926 g/mol. The number of ketones is 2. The number of methoxy groups -OCH3 is 1. The highest BCUT2D eigenvalue weighted by molar-refractivity contribution is 6.13. The molecule has 0 bridgehead atoms. The minimum atomic E-state index is -2.24. The van der Waals surface area contributed by atoms with Gasteiger partial charge in [-0.05, 0) is 80.7 Å². The number of allylic oxidation sites excluding steroid dienone is 5. The van der Waals surface area contributed by atoms with E-state index < -0.39 is 107 Å². The summed E-state index contributed by atoms with van der Waals surface area (Å²) in [5.41, 5.74) is -2.83. The van der Waals surface area contributed by atoms with Crippen molar-refractivity contribution in [3.63, 3.8) is 0 Å². The molecular formula is C51H57F2N3O11. The summed E-state index contributed by atoms with van der Waals surface area (Å²) in [5, 5.41) is 27.4. The summed E-state index contributed by atoms with van der Waals surface area (Å²) < 4.78 is 52.7. The molecule has 4 fully saturated rings. The highest BCUT2D eigenvalue weighted by Crippen LogP contribution is 2.72. The Kier molecular flexibility index (Phi) is 12.7. The van der Waals surface area contributed by atoms with E-state index in [0.29, 0.717) is 28.9 Å². The van der Waals surface area contributed by atoms with Gasteiger partial charge in [0.15, 0.2) is 29.1 Å². The smallest absolute Gasteiger partial charge is 0.253 e. The molecule has 0 radical (unpaired) electrons. The fourth-order valence-corrected chi connectivity index (χ4v) is 11.9. The van der Waals surface area contributed by atoms with E-state index in [0.717, 1.165) is 28.2 Å². The monoisotopic (exact) mass is 925 g/mol. The predicted octanol–water partition coefficient (Wildman–Crippen LogP) is 4.35. The summed E-state index contributed by atoms with van der Waals surface area (Å²) in [4.78, 5) is 76.8. The maximum absolute atomic E-state index is 17.8. The highest BCUT2D eigenvalue weighted by Gasteiger charge is 2.80. The summed E-state index contributed by atoms with van der Waals surface area (Å²) in [5.74, 6) is -4.20. The Bertz CT molecular complexity index is 2490. The normalized spacial score (nSPS) is 33.5. The molecule has 2 aromatic rings. The number of imide groups is 1. The number of aliphatic hydroxyl groups is 2. The molecule has 14 nitrogen and oxygen atoms in total. The fraction of sp³-hybridized carbons (Fsp3) is 0.490.